The van der Waals surface area contributed by atoms with E-state index in [1.807, 2.05) is 35.2 Å². The minimum absolute atomic E-state index is 0.0296. The van der Waals surface area contributed by atoms with Gasteiger partial charge in [-0.05, 0) is 49.2 Å². The number of alkyl halides is 3. The molecule has 1 spiro atoms. The van der Waals surface area contributed by atoms with Crippen molar-refractivity contribution in [1.82, 2.24) is 14.7 Å². The average molecular weight is 531 g/mol. The summed E-state index contributed by atoms with van der Waals surface area (Å²) in [5.74, 6) is -0.643. The number of benzene rings is 2. The van der Waals surface area contributed by atoms with Crippen molar-refractivity contribution in [3.63, 3.8) is 0 Å². The van der Waals surface area contributed by atoms with Crippen molar-refractivity contribution in [2.75, 3.05) is 57.5 Å². The molecule has 5 rings (SSSR count). The molecule has 3 aliphatic rings. The van der Waals surface area contributed by atoms with Crippen LogP contribution in [0.3, 0.4) is 0 Å². The highest BCUT2D eigenvalue weighted by atomic mass is 19.4. The van der Waals surface area contributed by atoms with Crippen LogP contribution in [0.5, 0.6) is 0 Å². The zero-order valence-corrected chi connectivity index (χ0v) is 20.8. The van der Waals surface area contributed by atoms with Gasteiger partial charge in [-0.2, -0.15) is 13.2 Å². The molecule has 0 N–H and O–H groups in total. The monoisotopic (exact) mass is 530 g/mol. The van der Waals surface area contributed by atoms with E-state index < -0.39 is 17.3 Å². The number of halogens is 3. The Hall–Kier alpha value is -3.60. The molecule has 2 aromatic rings. The summed E-state index contributed by atoms with van der Waals surface area (Å²) in [7, 11) is 0. The number of carbonyl (C=O) groups is 3. The Morgan fingerprint density at radius 1 is 0.868 bits per heavy atom. The zero-order valence-electron chi connectivity index (χ0n) is 20.8. The molecule has 11 heteroatoms. The van der Waals surface area contributed by atoms with E-state index in [9.17, 15) is 27.6 Å². The lowest BCUT2D eigenvalue weighted by molar-refractivity contribution is -0.143. The van der Waals surface area contributed by atoms with Crippen molar-refractivity contribution in [2.45, 2.75) is 24.6 Å². The van der Waals surface area contributed by atoms with E-state index in [0.29, 0.717) is 39.1 Å². The predicted octanol–water partition coefficient (Wildman–Crippen LogP) is 2.85. The van der Waals surface area contributed by atoms with Crippen LogP contribution in [0.15, 0.2) is 54.6 Å². The molecule has 3 heterocycles. The number of nitrogens with zero attached hydrogens (tertiary/aromatic N) is 4. The molecule has 3 amide bonds. The van der Waals surface area contributed by atoms with Crippen molar-refractivity contribution >= 4 is 23.4 Å². The van der Waals surface area contributed by atoms with Crippen LogP contribution in [0.4, 0.5) is 18.9 Å². The SMILES string of the molecule is O=C(CN1CN(c2ccccc2)C2(CCN(C(=O)c3ccc(C(F)(F)F)cc3)CC2)C1=O)N1CCOCC1. The molecule has 3 aliphatic heterocycles. The van der Waals surface area contributed by atoms with Gasteiger partial charge < -0.3 is 24.3 Å². The summed E-state index contributed by atoms with van der Waals surface area (Å²) in [5, 5.41) is 0. The van der Waals surface area contributed by atoms with Crippen molar-refractivity contribution in [1.29, 1.82) is 0 Å². The van der Waals surface area contributed by atoms with Gasteiger partial charge in [0.25, 0.3) is 11.8 Å². The molecule has 0 bridgehead atoms. The molecule has 0 saturated carbocycles. The number of amides is 3. The first kappa shape index (κ1) is 26.0. The Morgan fingerprint density at radius 2 is 1.50 bits per heavy atom. The van der Waals surface area contributed by atoms with Gasteiger partial charge in [-0.3, -0.25) is 14.4 Å². The van der Waals surface area contributed by atoms with Crippen LogP contribution < -0.4 is 4.90 Å². The molecule has 2 aromatic carbocycles. The molecule has 0 unspecified atom stereocenters. The van der Waals surface area contributed by atoms with Gasteiger partial charge in [-0.25, -0.2) is 0 Å². The molecular weight excluding hydrogens is 501 g/mol. The van der Waals surface area contributed by atoms with E-state index in [1.54, 1.807) is 14.7 Å². The number of anilines is 1. The van der Waals surface area contributed by atoms with Gasteiger partial charge in [-0.1, -0.05) is 18.2 Å². The smallest absolute Gasteiger partial charge is 0.378 e. The van der Waals surface area contributed by atoms with Crippen molar-refractivity contribution in [2.24, 2.45) is 0 Å². The second-order valence-electron chi connectivity index (χ2n) is 9.80. The average Bonchev–Trinajstić information content (AvgIpc) is 3.19. The van der Waals surface area contributed by atoms with E-state index in [-0.39, 0.29) is 49.6 Å². The first-order chi connectivity index (χ1) is 18.2. The topological polar surface area (TPSA) is 73.4 Å². The maximum atomic E-state index is 13.8. The number of carbonyl (C=O) groups excluding carboxylic acids is 3. The van der Waals surface area contributed by atoms with Crippen LogP contribution in [-0.2, 0) is 20.5 Å². The molecule has 0 radical (unpaired) electrons. The zero-order chi connectivity index (χ0) is 26.9. The first-order valence-corrected chi connectivity index (χ1v) is 12.6. The number of likely N-dealkylation sites (tertiary alicyclic amines) is 1. The summed E-state index contributed by atoms with van der Waals surface area (Å²) in [6.07, 6.45) is -3.79. The fourth-order valence-electron chi connectivity index (χ4n) is 5.46. The summed E-state index contributed by atoms with van der Waals surface area (Å²) < 4.78 is 44.1. The van der Waals surface area contributed by atoms with Gasteiger partial charge in [0.15, 0.2) is 0 Å². The summed E-state index contributed by atoms with van der Waals surface area (Å²) in [5.41, 5.74) is -0.703. The molecule has 0 atom stereocenters. The quantitative estimate of drug-likeness (QED) is 0.608. The molecule has 0 aromatic heterocycles. The second-order valence-corrected chi connectivity index (χ2v) is 9.80. The van der Waals surface area contributed by atoms with Crippen molar-refractivity contribution < 1.29 is 32.3 Å². The van der Waals surface area contributed by atoms with Crippen LogP contribution in [-0.4, -0.2) is 90.6 Å². The van der Waals surface area contributed by atoms with Crippen LogP contribution in [0, 0.1) is 0 Å². The Bertz CT molecular complexity index is 1180. The number of ether oxygens (including phenoxy) is 1. The second kappa shape index (κ2) is 10.3. The van der Waals surface area contributed by atoms with Gasteiger partial charge in [0, 0.05) is 37.4 Å². The lowest BCUT2D eigenvalue weighted by Gasteiger charge is -2.43. The van der Waals surface area contributed by atoms with E-state index >= 15 is 0 Å². The highest BCUT2D eigenvalue weighted by Crippen LogP contribution is 2.40. The van der Waals surface area contributed by atoms with Crippen LogP contribution in [0.25, 0.3) is 0 Å². The lowest BCUT2D eigenvalue weighted by Crippen LogP contribution is -2.57. The van der Waals surface area contributed by atoms with Gasteiger partial charge >= 0.3 is 6.18 Å². The molecule has 0 aliphatic carbocycles. The van der Waals surface area contributed by atoms with E-state index in [2.05, 4.69) is 0 Å². The normalized spacial score (nSPS) is 19.8. The summed E-state index contributed by atoms with van der Waals surface area (Å²) >= 11 is 0. The van der Waals surface area contributed by atoms with Gasteiger partial charge in [0.05, 0.1) is 25.4 Å². The third-order valence-corrected chi connectivity index (χ3v) is 7.61. The Kier molecular flexibility index (Phi) is 7.04. The Labute approximate surface area is 218 Å². The highest BCUT2D eigenvalue weighted by Gasteiger charge is 2.54. The molecular formula is C27H29F3N4O4. The number of para-hydroxylation sites is 1. The summed E-state index contributed by atoms with van der Waals surface area (Å²) in [4.78, 5) is 46.7. The largest absolute Gasteiger partial charge is 0.416 e. The highest BCUT2D eigenvalue weighted by molar-refractivity contribution is 5.97. The third-order valence-electron chi connectivity index (χ3n) is 7.61. The molecule has 3 saturated heterocycles. The van der Waals surface area contributed by atoms with Crippen molar-refractivity contribution in [3.05, 3.63) is 65.7 Å². The van der Waals surface area contributed by atoms with Gasteiger partial charge in [0.2, 0.25) is 5.91 Å². The Balaban J connectivity index is 1.32. The van der Waals surface area contributed by atoms with Crippen LogP contribution in [0.1, 0.15) is 28.8 Å². The van der Waals surface area contributed by atoms with E-state index in [1.165, 1.54) is 12.1 Å². The third kappa shape index (κ3) is 4.94. The number of morpholine rings is 1. The molecule has 8 nitrogen and oxygen atoms in total. The lowest BCUT2D eigenvalue weighted by atomic mass is 9.85. The van der Waals surface area contributed by atoms with E-state index in [0.717, 1.165) is 17.8 Å². The fraction of sp³-hybridized carbons (Fsp3) is 0.444. The molecule has 3 fully saturated rings. The standard InChI is InChI=1S/C27H29F3N4O4/c28-27(29,30)21-8-6-20(7-9-21)24(36)32-12-10-26(11-13-32)25(37)33(18-23(35)31-14-16-38-17-15-31)19-34(26)22-4-2-1-3-5-22/h1-9H,10-19H2. The van der Waals surface area contributed by atoms with Gasteiger partial charge in [0.1, 0.15) is 12.1 Å². The number of hydrogen-bond acceptors (Lipinski definition) is 5. The summed E-state index contributed by atoms with van der Waals surface area (Å²) in [6, 6.07) is 13.7. The minimum atomic E-state index is -4.47. The minimum Gasteiger partial charge on any atom is -0.378 e. The predicted molar refractivity (Wildman–Crippen MR) is 132 cm³/mol. The first-order valence-electron chi connectivity index (χ1n) is 12.6. The maximum Gasteiger partial charge on any atom is 0.416 e. The number of piperidine rings is 1. The van der Waals surface area contributed by atoms with Crippen molar-refractivity contribution in [3.8, 4) is 0 Å². The summed E-state index contributed by atoms with van der Waals surface area (Å²) in [6.45, 7) is 2.69. The molecule has 202 valence electrons. The maximum absolute atomic E-state index is 13.8. The van der Waals surface area contributed by atoms with Crippen LogP contribution in [0.2, 0.25) is 0 Å². The number of rotatable bonds is 4. The van der Waals surface area contributed by atoms with Gasteiger partial charge in [-0.15, -0.1) is 0 Å². The van der Waals surface area contributed by atoms with E-state index in [4.69, 9.17) is 4.74 Å². The van der Waals surface area contributed by atoms with Crippen LogP contribution >= 0.6 is 0 Å². The Morgan fingerprint density at radius 3 is 2.11 bits per heavy atom. The molecule has 38 heavy (non-hydrogen) atoms. The fourth-order valence-corrected chi connectivity index (χ4v) is 5.46. The number of hydrogen-bond donors (Lipinski definition) is 0.